The van der Waals surface area contributed by atoms with Gasteiger partial charge in [0.25, 0.3) is 0 Å². The van der Waals surface area contributed by atoms with Crippen LogP contribution in [0.2, 0.25) is 0 Å². The Morgan fingerprint density at radius 3 is 2.63 bits per heavy atom. The molecule has 1 aromatic rings. The highest BCUT2D eigenvalue weighted by Gasteiger charge is 2.02. The molecule has 2 heteroatoms. The second-order valence-electron chi connectivity index (χ2n) is 5.32. The molecule has 0 radical (unpaired) electrons. The number of aryl methyl sites for hydroxylation is 1. The first kappa shape index (κ1) is 14.0. The molecule has 0 unspecified atom stereocenters. The van der Waals surface area contributed by atoms with E-state index in [0.717, 1.165) is 12.4 Å². The maximum Gasteiger partial charge on any atom is 0.0990 e. The van der Waals surface area contributed by atoms with Gasteiger partial charge in [0, 0.05) is 12.2 Å². The van der Waals surface area contributed by atoms with Crippen LogP contribution in [0.15, 0.2) is 36.2 Å². The van der Waals surface area contributed by atoms with Gasteiger partial charge in [-0.3, -0.25) is 0 Å². The first-order chi connectivity index (χ1) is 9.38. The van der Waals surface area contributed by atoms with Crippen molar-refractivity contribution in [3.63, 3.8) is 0 Å². The fraction of sp³-hybridized carbons (Fsp3) is 0.529. The van der Waals surface area contributed by atoms with Crippen LogP contribution in [0.5, 0.6) is 0 Å². The molecule has 0 amide bonds. The van der Waals surface area contributed by atoms with Gasteiger partial charge in [0.05, 0.1) is 5.82 Å². The quantitative estimate of drug-likeness (QED) is 0.706. The zero-order valence-corrected chi connectivity index (χ0v) is 12.0. The lowest BCUT2D eigenvalue weighted by Gasteiger charge is -2.17. The highest BCUT2D eigenvalue weighted by atomic mass is 15.1. The Kier molecular flexibility index (Phi) is 5.80. The van der Waals surface area contributed by atoms with Gasteiger partial charge in [-0.05, 0) is 49.5 Å². The predicted octanol–water partition coefficient (Wildman–Crippen LogP) is 4.45. The van der Waals surface area contributed by atoms with E-state index in [1.807, 2.05) is 0 Å². The molecule has 1 aliphatic heterocycles. The Bertz CT molecular complexity index is 392. The number of allylic oxidation sites excluding steroid dienone is 1. The van der Waals surface area contributed by atoms with Crippen LogP contribution >= 0.6 is 0 Å². The molecule has 0 fully saturated rings. The Labute approximate surface area is 117 Å². The zero-order valence-electron chi connectivity index (χ0n) is 12.0. The number of nitrogens with one attached hydrogen (secondary N) is 2. The molecule has 0 saturated carbocycles. The molecule has 1 heterocycles. The van der Waals surface area contributed by atoms with Crippen molar-refractivity contribution < 1.29 is 0 Å². The molecule has 1 aromatic carbocycles. The van der Waals surface area contributed by atoms with E-state index in [4.69, 9.17) is 0 Å². The Morgan fingerprint density at radius 2 is 1.95 bits per heavy atom. The van der Waals surface area contributed by atoms with Gasteiger partial charge in [-0.2, -0.15) is 0 Å². The number of hydrogen-bond donors (Lipinski definition) is 2. The van der Waals surface area contributed by atoms with Gasteiger partial charge >= 0.3 is 0 Å². The number of hydrogen-bond acceptors (Lipinski definition) is 2. The van der Waals surface area contributed by atoms with Crippen molar-refractivity contribution in [1.82, 2.24) is 5.32 Å². The second-order valence-corrected chi connectivity index (χ2v) is 5.32. The normalized spacial score (nSPS) is 14.7. The van der Waals surface area contributed by atoms with E-state index >= 15 is 0 Å². The molecule has 0 bridgehead atoms. The SMILES string of the molecule is CCCCCCc1ccc(NC2=CCCCN2)cc1. The molecule has 0 aromatic heterocycles. The number of anilines is 1. The van der Waals surface area contributed by atoms with Gasteiger partial charge in [0.1, 0.15) is 0 Å². The van der Waals surface area contributed by atoms with E-state index in [9.17, 15) is 0 Å². The van der Waals surface area contributed by atoms with Gasteiger partial charge in [-0.15, -0.1) is 0 Å². The second kappa shape index (κ2) is 7.88. The summed E-state index contributed by atoms with van der Waals surface area (Å²) in [6.45, 7) is 3.34. The van der Waals surface area contributed by atoms with Crippen LogP contribution < -0.4 is 10.6 Å². The van der Waals surface area contributed by atoms with Crippen molar-refractivity contribution in [2.45, 2.75) is 51.9 Å². The first-order valence-corrected chi connectivity index (χ1v) is 7.68. The van der Waals surface area contributed by atoms with Crippen LogP contribution in [-0.4, -0.2) is 6.54 Å². The van der Waals surface area contributed by atoms with E-state index in [1.165, 1.54) is 56.2 Å². The van der Waals surface area contributed by atoms with Crippen LogP contribution in [0.4, 0.5) is 5.69 Å². The minimum Gasteiger partial charge on any atom is -0.372 e. The predicted molar refractivity (Wildman–Crippen MR) is 83.2 cm³/mol. The Balaban J connectivity index is 1.79. The minimum atomic E-state index is 1.08. The van der Waals surface area contributed by atoms with E-state index < -0.39 is 0 Å². The molecule has 0 saturated heterocycles. The van der Waals surface area contributed by atoms with Crippen molar-refractivity contribution in [3.05, 3.63) is 41.7 Å². The number of benzene rings is 1. The summed E-state index contributed by atoms with van der Waals surface area (Å²) < 4.78 is 0. The average Bonchev–Trinajstić information content (AvgIpc) is 2.46. The van der Waals surface area contributed by atoms with E-state index in [2.05, 4.69) is 47.9 Å². The number of unbranched alkanes of at least 4 members (excludes halogenated alkanes) is 3. The average molecular weight is 258 g/mol. The lowest BCUT2D eigenvalue weighted by molar-refractivity contribution is 0.667. The topological polar surface area (TPSA) is 24.1 Å². The van der Waals surface area contributed by atoms with Gasteiger partial charge in [0.2, 0.25) is 0 Å². The van der Waals surface area contributed by atoms with Crippen LogP contribution in [0.3, 0.4) is 0 Å². The summed E-state index contributed by atoms with van der Waals surface area (Å²) in [5.74, 6) is 1.15. The maximum absolute atomic E-state index is 3.43. The summed E-state index contributed by atoms with van der Waals surface area (Å²) in [6.07, 6.45) is 11.2. The summed E-state index contributed by atoms with van der Waals surface area (Å²) in [4.78, 5) is 0. The molecular weight excluding hydrogens is 232 g/mol. The lowest BCUT2D eigenvalue weighted by Crippen LogP contribution is -2.23. The van der Waals surface area contributed by atoms with E-state index in [-0.39, 0.29) is 0 Å². The fourth-order valence-corrected chi connectivity index (χ4v) is 2.41. The molecule has 1 aliphatic rings. The van der Waals surface area contributed by atoms with Gasteiger partial charge < -0.3 is 10.6 Å². The van der Waals surface area contributed by atoms with Gasteiger partial charge in [0.15, 0.2) is 0 Å². The minimum absolute atomic E-state index is 1.08. The van der Waals surface area contributed by atoms with Crippen LogP contribution in [0.1, 0.15) is 51.0 Å². The van der Waals surface area contributed by atoms with Crippen LogP contribution in [-0.2, 0) is 6.42 Å². The lowest BCUT2D eigenvalue weighted by atomic mass is 10.1. The van der Waals surface area contributed by atoms with Crippen LogP contribution in [0, 0.1) is 0 Å². The largest absolute Gasteiger partial charge is 0.372 e. The summed E-state index contributed by atoms with van der Waals surface area (Å²) in [5, 5.41) is 6.81. The van der Waals surface area contributed by atoms with Crippen molar-refractivity contribution in [1.29, 1.82) is 0 Å². The first-order valence-electron chi connectivity index (χ1n) is 7.68. The molecule has 19 heavy (non-hydrogen) atoms. The summed E-state index contributed by atoms with van der Waals surface area (Å²) in [6, 6.07) is 8.87. The molecule has 2 nitrogen and oxygen atoms in total. The Hall–Kier alpha value is -1.44. The zero-order chi connectivity index (χ0) is 13.3. The highest BCUT2D eigenvalue weighted by Crippen LogP contribution is 2.15. The molecule has 0 aliphatic carbocycles. The standard InChI is InChI=1S/C17H26N2/c1-2-3-4-5-8-15-10-12-16(13-11-15)19-17-9-6-7-14-18-17/h9-13,18-19H,2-8,14H2,1H3. The molecule has 2 rings (SSSR count). The summed E-state index contributed by atoms with van der Waals surface area (Å²) in [5.41, 5.74) is 2.63. The monoisotopic (exact) mass is 258 g/mol. The van der Waals surface area contributed by atoms with Crippen molar-refractivity contribution >= 4 is 5.69 Å². The van der Waals surface area contributed by atoms with Crippen molar-refractivity contribution in [2.24, 2.45) is 0 Å². The molecule has 0 atom stereocenters. The third-order valence-electron chi connectivity index (χ3n) is 3.60. The van der Waals surface area contributed by atoms with Gasteiger partial charge in [-0.1, -0.05) is 38.3 Å². The van der Waals surface area contributed by atoms with E-state index in [0.29, 0.717) is 0 Å². The molecular formula is C17H26N2. The van der Waals surface area contributed by atoms with E-state index in [1.54, 1.807) is 0 Å². The fourth-order valence-electron chi connectivity index (χ4n) is 2.41. The third kappa shape index (κ3) is 4.98. The molecule has 104 valence electrons. The Morgan fingerprint density at radius 1 is 1.11 bits per heavy atom. The van der Waals surface area contributed by atoms with Crippen molar-refractivity contribution in [2.75, 3.05) is 11.9 Å². The summed E-state index contributed by atoms with van der Waals surface area (Å²) >= 11 is 0. The molecule has 2 N–H and O–H groups in total. The van der Waals surface area contributed by atoms with Gasteiger partial charge in [-0.25, -0.2) is 0 Å². The van der Waals surface area contributed by atoms with Crippen molar-refractivity contribution in [3.8, 4) is 0 Å². The maximum atomic E-state index is 3.43. The summed E-state index contributed by atoms with van der Waals surface area (Å²) in [7, 11) is 0. The smallest absolute Gasteiger partial charge is 0.0990 e. The third-order valence-corrected chi connectivity index (χ3v) is 3.60. The highest BCUT2D eigenvalue weighted by molar-refractivity contribution is 5.49. The number of rotatable bonds is 7. The molecule has 0 spiro atoms. The van der Waals surface area contributed by atoms with Crippen LogP contribution in [0.25, 0.3) is 0 Å².